The molecule has 4 aliphatic heterocycles. The Labute approximate surface area is 633 Å². The number of anilines is 12. The van der Waals surface area contributed by atoms with Gasteiger partial charge in [0, 0.05) is 56.9 Å². The zero-order chi connectivity index (χ0) is 73.6. The van der Waals surface area contributed by atoms with Gasteiger partial charge in [-0.25, -0.2) is 0 Å². The molecule has 0 unspecified atom stereocenters. The molecule has 1 spiro atoms. The molecule has 0 aromatic heterocycles. The molecule has 520 valence electrons. The highest BCUT2D eigenvalue weighted by Gasteiger charge is 2.54. The Morgan fingerprint density at radius 3 is 0.972 bits per heavy atom. The summed E-state index contributed by atoms with van der Waals surface area (Å²) in [6.07, 6.45) is 0. The molecule has 2 aliphatic carbocycles. The molecule has 6 aliphatic rings. The van der Waals surface area contributed by atoms with Gasteiger partial charge in [-0.3, -0.25) is 0 Å². The third-order valence-electron chi connectivity index (χ3n) is 25.2. The second-order valence-electron chi connectivity index (χ2n) is 35.8. The zero-order valence-electron chi connectivity index (χ0n) is 64.7. The van der Waals surface area contributed by atoms with Gasteiger partial charge in [0.05, 0.1) is 16.8 Å². The maximum atomic E-state index is 2.66. The van der Waals surface area contributed by atoms with Crippen LogP contribution in [0.15, 0.2) is 255 Å². The highest BCUT2D eigenvalue weighted by Crippen LogP contribution is 2.65. The molecule has 0 N–H and O–H groups in total. The van der Waals surface area contributed by atoms with Crippen LogP contribution in [0, 0.1) is 27.7 Å². The molecular weight excluding hydrogens is 1290 g/mol. The van der Waals surface area contributed by atoms with Crippen molar-refractivity contribution in [1.82, 2.24) is 0 Å². The summed E-state index contributed by atoms with van der Waals surface area (Å²) in [5, 5.41) is 5.05. The molecule has 0 atom stereocenters. The van der Waals surface area contributed by atoms with Gasteiger partial charge in [0.25, 0.3) is 13.4 Å². The lowest BCUT2D eigenvalue weighted by atomic mass is 9.33. The molecule has 0 fully saturated rings. The number of fused-ring (bicyclic) bond motifs is 22. The number of benzene rings is 14. The van der Waals surface area contributed by atoms with E-state index in [-0.39, 0.29) is 35.1 Å². The minimum atomic E-state index is -0.700. The monoisotopic (exact) mass is 1380 g/mol. The maximum Gasteiger partial charge on any atom is 0.252 e. The fraction of sp³-hybridized carbons (Fsp3) is 0.208. The van der Waals surface area contributed by atoms with E-state index in [4.69, 9.17) is 0 Å². The standard InChI is InChI=1S/C101H90B2N4/c1-59-51-67(99(11,12)13)52-60(2)95(59)106-85-37-25-35-83-93(85)102(81-47-41-65(55-89(81)106)97(5,6)7)91-71-29-19-17-27-63(71)39-49-87(91)104(83)69-43-45-75-73-31-21-23-33-77(73)101(79(75)57-69)78-34-24-22-32-74(78)76-46-44-70(58-80(76)101)105-84-36-26-38-86-94(84)103(92-72-30-20-18-28-64(72)40-50-88(92)105)82-48-42-66(98(8,9)10)56-90(82)107(86)96-61(3)53-68(54-62(96)4)100(14,15)16/h17-58H,1-16H3. The summed E-state index contributed by atoms with van der Waals surface area (Å²) in [5.41, 5.74) is 42.5. The van der Waals surface area contributed by atoms with Crippen molar-refractivity contribution in [3.8, 4) is 22.3 Å². The van der Waals surface area contributed by atoms with Crippen LogP contribution in [0.5, 0.6) is 0 Å². The summed E-state index contributed by atoms with van der Waals surface area (Å²) in [5.74, 6) is 0. The summed E-state index contributed by atoms with van der Waals surface area (Å²) in [6, 6.07) is 101. The molecular formula is C101H90B2N4. The van der Waals surface area contributed by atoms with Crippen LogP contribution >= 0.6 is 0 Å². The van der Waals surface area contributed by atoms with Crippen LogP contribution < -0.4 is 52.4 Å². The highest BCUT2D eigenvalue weighted by atomic mass is 15.2. The highest BCUT2D eigenvalue weighted by molar-refractivity contribution is 7.02. The van der Waals surface area contributed by atoms with Gasteiger partial charge in [-0.2, -0.15) is 0 Å². The minimum absolute atomic E-state index is 0.00866. The molecule has 0 saturated heterocycles. The predicted octanol–water partition coefficient (Wildman–Crippen LogP) is 22.9. The summed E-state index contributed by atoms with van der Waals surface area (Å²) in [6.45, 7) is 37.4. The van der Waals surface area contributed by atoms with E-state index in [1.165, 1.54) is 200 Å². The topological polar surface area (TPSA) is 13.0 Å². The first-order valence-corrected chi connectivity index (χ1v) is 38.8. The molecule has 20 rings (SSSR count). The van der Waals surface area contributed by atoms with Crippen molar-refractivity contribution in [3.63, 3.8) is 0 Å². The first-order valence-electron chi connectivity index (χ1n) is 38.8. The van der Waals surface area contributed by atoms with Crippen LogP contribution in [-0.4, -0.2) is 13.4 Å². The van der Waals surface area contributed by atoms with Crippen LogP contribution in [0.2, 0.25) is 0 Å². The zero-order valence-corrected chi connectivity index (χ0v) is 64.7. The van der Waals surface area contributed by atoms with Gasteiger partial charge in [-0.15, -0.1) is 0 Å². The SMILES string of the molecule is Cc1cc(C(C)(C)C)cc(C)c1N1c2cc(C(C)(C)C)ccc2B2c3c(cccc31)N(c1ccc3c(c1)C1(c4ccccc4-3)c3ccccc3-c3ccc(N4c5cccc6c5B(c5ccc(C(C)(C)C)cc5N6c5c(C)cc(C(C)(C)C)cc5C)c5c4ccc4ccccc54)cc31)c1ccc3ccccc3c12. The predicted molar refractivity (Wildman–Crippen MR) is 460 cm³/mol. The number of hydrogen-bond acceptors (Lipinski definition) is 4. The van der Waals surface area contributed by atoms with Crippen molar-refractivity contribution in [3.05, 3.63) is 322 Å². The Morgan fingerprint density at radius 2 is 0.589 bits per heavy atom. The van der Waals surface area contributed by atoms with Gasteiger partial charge in [0.15, 0.2) is 0 Å². The third-order valence-corrected chi connectivity index (χ3v) is 25.2. The fourth-order valence-corrected chi connectivity index (χ4v) is 20.3. The first kappa shape index (κ1) is 65.4. The second kappa shape index (κ2) is 22.5. The van der Waals surface area contributed by atoms with E-state index in [0.717, 1.165) is 11.4 Å². The van der Waals surface area contributed by atoms with Gasteiger partial charge in [-0.05, 0) is 265 Å². The van der Waals surface area contributed by atoms with E-state index in [1.807, 2.05) is 0 Å². The molecule has 4 nitrogen and oxygen atoms in total. The van der Waals surface area contributed by atoms with E-state index in [0.29, 0.717) is 0 Å². The molecule has 0 bridgehead atoms. The second-order valence-corrected chi connectivity index (χ2v) is 35.8. The largest absolute Gasteiger partial charge is 0.311 e. The quantitative estimate of drug-likeness (QED) is 0.163. The van der Waals surface area contributed by atoms with Gasteiger partial charge in [0.2, 0.25) is 0 Å². The lowest BCUT2D eigenvalue weighted by Crippen LogP contribution is -2.61. The van der Waals surface area contributed by atoms with Crippen molar-refractivity contribution in [2.24, 2.45) is 0 Å². The van der Waals surface area contributed by atoms with Crippen LogP contribution in [-0.2, 0) is 27.1 Å². The van der Waals surface area contributed by atoms with E-state index < -0.39 is 5.41 Å². The number of hydrogen-bond donors (Lipinski definition) is 0. The van der Waals surface area contributed by atoms with Crippen LogP contribution in [0.3, 0.4) is 0 Å². The Morgan fingerprint density at radius 1 is 0.252 bits per heavy atom. The minimum Gasteiger partial charge on any atom is -0.311 e. The molecule has 0 radical (unpaired) electrons. The molecule has 4 heterocycles. The van der Waals surface area contributed by atoms with Crippen LogP contribution in [0.4, 0.5) is 68.2 Å². The van der Waals surface area contributed by atoms with E-state index >= 15 is 0 Å². The summed E-state index contributed by atoms with van der Waals surface area (Å²) < 4.78 is 0. The Hall–Kier alpha value is -11.1. The van der Waals surface area contributed by atoms with E-state index in [9.17, 15) is 0 Å². The van der Waals surface area contributed by atoms with Gasteiger partial charge in [-0.1, -0.05) is 265 Å². The number of rotatable bonds is 4. The number of aryl methyl sites for hydroxylation is 4. The van der Waals surface area contributed by atoms with Crippen molar-refractivity contribution in [2.45, 2.75) is 138 Å². The summed E-state index contributed by atoms with van der Waals surface area (Å²) in [7, 11) is 0. The fourth-order valence-electron chi connectivity index (χ4n) is 20.3. The molecule has 0 amide bonds. The molecule has 14 aromatic rings. The normalized spacial score (nSPS) is 14.7. The Kier molecular flexibility index (Phi) is 13.8. The molecule has 107 heavy (non-hydrogen) atoms. The van der Waals surface area contributed by atoms with Crippen molar-refractivity contribution in [1.29, 1.82) is 0 Å². The van der Waals surface area contributed by atoms with Crippen molar-refractivity contribution < 1.29 is 0 Å². The third kappa shape index (κ3) is 9.17. The average molecular weight is 1380 g/mol. The first-order chi connectivity index (χ1) is 51.3. The van der Waals surface area contributed by atoms with E-state index in [2.05, 4.69) is 385 Å². The summed E-state index contributed by atoms with van der Waals surface area (Å²) in [4.78, 5) is 10.6. The lowest BCUT2D eigenvalue weighted by molar-refractivity contribution is 0.589. The van der Waals surface area contributed by atoms with E-state index in [1.54, 1.807) is 0 Å². The van der Waals surface area contributed by atoms with Gasteiger partial charge in [0.1, 0.15) is 0 Å². The Bertz CT molecular complexity index is 5810. The maximum absolute atomic E-state index is 2.66. The van der Waals surface area contributed by atoms with Crippen molar-refractivity contribution in [2.75, 3.05) is 19.6 Å². The summed E-state index contributed by atoms with van der Waals surface area (Å²) >= 11 is 0. The van der Waals surface area contributed by atoms with Crippen LogP contribution in [0.25, 0.3) is 43.8 Å². The Balaban J connectivity index is 0.823. The van der Waals surface area contributed by atoms with Crippen LogP contribution in [0.1, 0.15) is 150 Å². The molecule has 6 heteroatoms. The molecule has 0 saturated carbocycles. The molecule has 14 aromatic carbocycles. The van der Waals surface area contributed by atoms with Crippen molar-refractivity contribution >= 4 is 136 Å². The lowest BCUT2D eigenvalue weighted by Gasteiger charge is -2.45. The average Bonchev–Trinajstić information content (AvgIpc) is 1.48. The smallest absolute Gasteiger partial charge is 0.252 e. The van der Waals surface area contributed by atoms with Gasteiger partial charge < -0.3 is 19.6 Å². The number of nitrogens with zero attached hydrogens (tertiary/aromatic N) is 4. The van der Waals surface area contributed by atoms with Gasteiger partial charge >= 0.3 is 0 Å².